The Balaban J connectivity index is 2.30. The minimum absolute atomic E-state index is 0.193. The van der Waals surface area contributed by atoms with Crippen molar-refractivity contribution >= 4 is 17.3 Å². The zero-order chi connectivity index (χ0) is 8.77. The second-order valence-corrected chi connectivity index (χ2v) is 4.43. The van der Waals surface area contributed by atoms with Crippen LogP contribution in [0.25, 0.3) is 0 Å². The molecule has 0 spiro atoms. The summed E-state index contributed by atoms with van der Waals surface area (Å²) in [6.07, 6.45) is 3.73. The Morgan fingerprint density at radius 2 is 2.42 bits per heavy atom. The van der Waals surface area contributed by atoms with Crippen LogP contribution >= 0.6 is 11.3 Å². The van der Waals surface area contributed by atoms with Crippen LogP contribution in [-0.2, 0) is 5.41 Å². The van der Waals surface area contributed by atoms with Gasteiger partial charge in [0.2, 0.25) is 0 Å². The summed E-state index contributed by atoms with van der Waals surface area (Å²) in [5, 5.41) is 9.63. The van der Waals surface area contributed by atoms with E-state index in [1.807, 2.05) is 0 Å². The van der Waals surface area contributed by atoms with Crippen LogP contribution in [0.1, 0.15) is 34.4 Å². The maximum atomic E-state index is 10.5. The molecule has 3 nitrogen and oxygen atoms in total. The van der Waals surface area contributed by atoms with Crippen LogP contribution < -0.4 is 0 Å². The molecule has 1 aliphatic rings. The predicted octanol–water partition coefficient (Wildman–Crippen LogP) is 1.89. The van der Waals surface area contributed by atoms with Gasteiger partial charge in [-0.3, -0.25) is 0 Å². The van der Waals surface area contributed by atoms with Crippen molar-refractivity contribution in [3.8, 4) is 0 Å². The molecule has 0 radical (unpaired) electrons. The first kappa shape index (κ1) is 7.73. The number of aromatic carboxylic acids is 1. The van der Waals surface area contributed by atoms with Gasteiger partial charge in [-0.2, -0.15) is 0 Å². The highest BCUT2D eigenvalue weighted by atomic mass is 32.1. The second kappa shape index (κ2) is 2.29. The molecule has 12 heavy (non-hydrogen) atoms. The van der Waals surface area contributed by atoms with Gasteiger partial charge in [-0.1, -0.05) is 6.92 Å². The fraction of sp³-hybridized carbons (Fsp3) is 0.500. The predicted molar refractivity (Wildman–Crippen MR) is 45.7 cm³/mol. The number of hydrogen-bond acceptors (Lipinski definition) is 3. The van der Waals surface area contributed by atoms with Crippen molar-refractivity contribution < 1.29 is 9.90 Å². The molecule has 4 heteroatoms. The average Bonchev–Trinajstić information content (AvgIpc) is 2.61. The molecular formula is C8H9NO2S. The van der Waals surface area contributed by atoms with Gasteiger partial charge in [0.25, 0.3) is 0 Å². The van der Waals surface area contributed by atoms with Crippen molar-refractivity contribution in [2.75, 3.05) is 0 Å². The average molecular weight is 183 g/mol. The highest BCUT2D eigenvalue weighted by molar-refractivity contribution is 7.13. The Bertz CT molecular complexity index is 328. The molecule has 0 amide bonds. The highest BCUT2D eigenvalue weighted by Gasteiger charge is 2.42. The number of carboxylic acid groups (broad SMARTS) is 1. The molecule has 1 aliphatic carbocycles. The van der Waals surface area contributed by atoms with Crippen molar-refractivity contribution in [1.82, 2.24) is 4.98 Å². The summed E-state index contributed by atoms with van der Waals surface area (Å²) in [6, 6.07) is 0. The van der Waals surface area contributed by atoms with Crippen LogP contribution in [0.4, 0.5) is 0 Å². The summed E-state index contributed by atoms with van der Waals surface area (Å²) >= 11 is 1.30. The lowest BCUT2D eigenvalue weighted by molar-refractivity contribution is 0.0702. The maximum absolute atomic E-state index is 10.5. The molecule has 1 fully saturated rings. The molecule has 1 aromatic heterocycles. The third-order valence-corrected chi connectivity index (χ3v) is 3.52. The minimum atomic E-state index is -0.872. The summed E-state index contributed by atoms with van der Waals surface area (Å²) in [4.78, 5) is 15.0. The van der Waals surface area contributed by atoms with E-state index >= 15 is 0 Å². The van der Waals surface area contributed by atoms with Crippen molar-refractivity contribution in [3.05, 3.63) is 16.1 Å². The van der Waals surface area contributed by atoms with E-state index in [4.69, 9.17) is 5.11 Å². The normalized spacial score (nSPS) is 19.1. The summed E-state index contributed by atoms with van der Waals surface area (Å²) in [6.45, 7) is 2.12. The molecule has 0 aromatic carbocycles. The van der Waals surface area contributed by atoms with E-state index in [1.165, 1.54) is 17.5 Å². The first-order valence-corrected chi connectivity index (χ1v) is 4.63. The quantitative estimate of drug-likeness (QED) is 0.761. The Morgan fingerprint density at radius 3 is 2.83 bits per heavy atom. The zero-order valence-corrected chi connectivity index (χ0v) is 7.52. The molecule has 64 valence electrons. The van der Waals surface area contributed by atoms with Crippen LogP contribution in [0, 0.1) is 0 Å². The van der Waals surface area contributed by atoms with Gasteiger partial charge >= 0.3 is 5.97 Å². The van der Waals surface area contributed by atoms with E-state index in [2.05, 4.69) is 11.9 Å². The van der Waals surface area contributed by atoms with Gasteiger partial charge in [-0.15, -0.1) is 11.3 Å². The Morgan fingerprint density at radius 1 is 1.75 bits per heavy atom. The summed E-state index contributed by atoms with van der Waals surface area (Å²) in [7, 11) is 0. The number of carbonyl (C=O) groups is 1. The SMILES string of the molecule is CC1(c2ncc(C(=O)O)s2)CC1. The summed E-state index contributed by atoms with van der Waals surface area (Å²) in [5.74, 6) is -0.872. The Hall–Kier alpha value is -0.900. The van der Waals surface area contributed by atoms with Crippen LogP contribution in [0.5, 0.6) is 0 Å². The first-order valence-electron chi connectivity index (χ1n) is 3.81. The van der Waals surface area contributed by atoms with Gasteiger partial charge in [0.1, 0.15) is 4.88 Å². The molecule has 0 saturated heterocycles. The molecule has 1 heterocycles. The molecular weight excluding hydrogens is 174 g/mol. The lowest BCUT2D eigenvalue weighted by atomic mass is 10.2. The first-order chi connectivity index (χ1) is 5.62. The smallest absolute Gasteiger partial charge is 0.347 e. The maximum Gasteiger partial charge on any atom is 0.347 e. The van der Waals surface area contributed by atoms with Gasteiger partial charge in [0, 0.05) is 5.41 Å². The third-order valence-electron chi connectivity index (χ3n) is 2.23. The Kier molecular flexibility index (Phi) is 1.48. The number of carboxylic acids is 1. The van der Waals surface area contributed by atoms with E-state index < -0.39 is 5.97 Å². The van der Waals surface area contributed by atoms with Crippen LogP contribution in [0.3, 0.4) is 0 Å². The van der Waals surface area contributed by atoms with Gasteiger partial charge in [-0.05, 0) is 12.8 Å². The lowest BCUT2D eigenvalue weighted by Gasteiger charge is -1.99. The topological polar surface area (TPSA) is 50.2 Å². The van der Waals surface area contributed by atoms with Gasteiger partial charge in [-0.25, -0.2) is 9.78 Å². The highest BCUT2D eigenvalue weighted by Crippen LogP contribution is 2.48. The number of rotatable bonds is 2. The third kappa shape index (κ3) is 1.12. The lowest BCUT2D eigenvalue weighted by Crippen LogP contribution is -1.97. The molecule has 2 rings (SSSR count). The van der Waals surface area contributed by atoms with Crippen molar-refractivity contribution in [2.45, 2.75) is 25.2 Å². The number of hydrogen-bond donors (Lipinski definition) is 1. The molecule has 0 bridgehead atoms. The summed E-state index contributed by atoms with van der Waals surface area (Å²) in [5.41, 5.74) is 0.193. The molecule has 1 saturated carbocycles. The minimum Gasteiger partial charge on any atom is -0.477 e. The van der Waals surface area contributed by atoms with Gasteiger partial charge < -0.3 is 5.11 Å². The van der Waals surface area contributed by atoms with Crippen LogP contribution in [0.2, 0.25) is 0 Å². The van der Waals surface area contributed by atoms with E-state index in [-0.39, 0.29) is 5.41 Å². The van der Waals surface area contributed by atoms with Crippen molar-refractivity contribution in [2.24, 2.45) is 0 Å². The molecule has 0 atom stereocenters. The standard InChI is InChI=1S/C8H9NO2S/c1-8(2-3-8)7-9-4-5(12-7)6(10)11/h4H,2-3H2,1H3,(H,10,11). The fourth-order valence-electron chi connectivity index (χ4n) is 1.05. The second-order valence-electron chi connectivity index (χ2n) is 3.40. The molecule has 0 aliphatic heterocycles. The van der Waals surface area contributed by atoms with Gasteiger partial charge in [0.15, 0.2) is 0 Å². The van der Waals surface area contributed by atoms with Crippen molar-refractivity contribution in [3.63, 3.8) is 0 Å². The number of aromatic nitrogens is 1. The monoisotopic (exact) mass is 183 g/mol. The molecule has 0 unspecified atom stereocenters. The van der Waals surface area contributed by atoms with E-state index in [9.17, 15) is 4.79 Å². The largest absolute Gasteiger partial charge is 0.477 e. The van der Waals surface area contributed by atoms with Crippen molar-refractivity contribution in [1.29, 1.82) is 0 Å². The fourth-order valence-corrected chi connectivity index (χ4v) is 2.01. The van der Waals surface area contributed by atoms with E-state index in [1.54, 1.807) is 0 Å². The van der Waals surface area contributed by atoms with Crippen LogP contribution in [-0.4, -0.2) is 16.1 Å². The molecule has 1 N–H and O–H groups in total. The van der Waals surface area contributed by atoms with E-state index in [0.717, 1.165) is 17.8 Å². The molecule has 1 aromatic rings. The van der Waals surface area contributed by atoms with E-state index in [0.29, 0.717) is 4.88 Å². The zero-order valence-electron chi connectivity index (χ0n) is 6.70. The van der Waals surface area contributed by atoms with Gasteiger partial charge in [0.05, 0.1) is 11.2 Å². The Labute approximate surface area is 74.1 Å². The number of nitrogens with zero attached hydrogens (tertiary/aromatic N) is 1. The van der Waals surface area contributed by atoms with Crippen LogP contribution in [0.15, 0.2) is 6.20 Å². The number of thiazole rings is 1. The summed E-state index contributed by atoms with van der Waals surface area (Å²) < 4.78 is 0.